The van der Waals surface area contributed by atoms with Gasteiger partial charge in [-0.05, 0) is 37.3 Å². The molecule has 0 aromatic heterocycles. The van der Waals surface area contributed by atoms with Gasteiger partial charge in [0.15, 0.2) is 0 Å². The van der Waals surface area contributed by atoms with Crippen LogP contribution in [0.2, 0.25) is 5.02 Å². The largest absolute Gasteiger partial charge is 0.480 e. The Morgan fingerprint density at radius 1 is 1.53 bits per heavy atom. The average molecular weight is 254 g/mol. The first-order chi connectivity index (χ1) is 8.03. The minimum absolute atomic E-state index is 0.432. The quantitative estimate of drug-likeness (QED) is 0.868. The Hall–Kier alpha value is -1.22. The molecule has 1 fully saturated rings. The monoisotopic (exact) mass is 253 g/mol. The van der Waals surface area contributed by atoms with Gasteiger partial charge in [0, 0.05) is 0 Å². The molecule has 0 radical (unpaired) electrons. The summed E-state index contributed by atoms with van der Waals surface area (Å²) in [6.45, 7) is 2.08. The van der Waals surface area contributed by atoms with Gasteiger partial charge in [-0.25, -0.2) is 4.79 Å². The maximum atomic E-state index is 11.5. The number of hydrogen-bond donors (Lipinski definition) is 2. The predicted molar refractivity (Wildman–Crippen MR) is 68.5 cm³/mol. The van der Waals surface area contributed by atoms with Crippen molar-refractivity contribution in [1.29, 1.82) is 0 Å². The van der Waals surface area contributed by atoms with Crippen LogP contribution in [-0.2, 0) is 4.79 Å². The van der Waals surface area contributed by atoms with E-state index in [1.807, 2.05) is 18.2 Å². The van der Waals surface area contributed by atoms with Crippen molar-refractivity contribution < 1.29 is 9.90 Å². The number of rotatable bonds is 3. The molecule has 17 heavy (non-hydrogen) atoms. The lowest BCUT2D eigenvalue weighted by atomic mass is 9.96. The highest BCUT2D eigenvalue weighted by Gasteiger charge is 2.44. The van der Waals surface area contributed by atoms with Crippen molar-refractivity contribution in [2.24, 2.45) is 5.92 Å². The molecule has 2 atom stereocenters. The van der Waals surface area contributed by atoms with Crippen molar-refractivity contribution >= 4 is 23.3 Å². The second-order valence-electron chi connectivity index (χ2n) is 4.84. The van der Waals surface area contributed by atoms with Gasteiger partial charge in [-0.2, -0.15) is 0 Å². The average Bonchev–Trinajstić information content (AvgIpc) is 2.65. The Morgan fingerprint density at radius 2 is 2.24 bits per heavy atom. The minimum Gasteiger partial charge on any atom is -0.480 e. The molecule has 0 spiro atoms. The summed E-state index contributed by atoms with van der Waals surface area (Å²) >= 11 is 6.05. The van der Waals surface area contributed by atoms with Gasteiger partial charge in [-0.1, -0.05) is 30.7 Å². The third kappa shape index (κ3) is 2.39. The molecule has 0 aliphatic heterocycles. The normalized spacial score (nSPS) is 28.0. The van der Waals surface area contributed by atoms with Crippen LogP contribution in [0, 0.1) is 5.92 Å². The van der Waals surface area contributed by atoms with Crippen molar-refractivity contribution in [2.45, 2.75) is 31.7 Å². The molecule has 2 unspecified atom stereocenters. The van der Waals surface area contributed by atoms with Crippen LogP contribution in [0.4, 0.5) is 5.69 Å². The molecule has 2 rings (SSSR count). The standard InChI is InChI=1S/C13H16ClNO2/c1-9-6-7-13(8-9,12(16)17)15-11-5-3-2-4-10(11)14/h2-5,9,15H,6-8H2,1H3,(H,16,17). The zero-order valence-corrected chi connectivity index (χ0v) is 10.5. The Balaban J connectivity index is 2.26. The lowest BCUT2D eigenvalue weighted by Gasteiger charge is -2.27. The highest BCUT2D eigenvalue weighted by atomic mass is 35.5. The molecule has 0 amide bonds. The van der Waals surface area contributed by atoms with Crippen molar-refractivity contribution in [2.75, 3.05) is 5.32 Å². The molecule has 0 bridgehead atoms. The van der Waals surface area contributed by atoms with E-state index in [1.165, 1.54) is 0 Å². The first kappa shape index (κ1) is 12.2. The lowest BCUT2D eigenvalue weighted by Crippen LogP contribution is -2.44. The SMILES string of the molecule is CC1CCC(Nc2ccccc2Cl)(C(=O)O)C1. The van der Waals surface area contributed by atoms with Crippen molar-refractivity contribution in [3.05, 3.63) is 29.3 Å². The van der Waals surface area contributed by atoms with Crippen LogP contribution in [0.3, 0.4) is 0 Å². The molecule has 92 valence electrons. The van der Waals surface area contributed by atoms with Crippen molar-refractivity contribution in [1.82, 2.24) is 0 Å². The zero-order chi connectivity index (χ0) is 12.5. The van der Waals surface area contributed by atoms with Gasteiger partial charge in [-0.15, -0.1) is 0 Å². The van der Waals surface area contributed by atoms with Crippen LogP contribution in [0.5, 0.6) is 0 Å². The summed E-state index contributed by atoms with van der Waals surface area (Å²) in [7, 11) is 0. The Kier molecular flexibility index (Phi) is 3.29. The van der Waals surface area contributed by atoms with Gasteiger partial charge in [0.1, 0.15) is 5.54 Å². The number of para-hydroxylation sites is 1. The van der Waals surface area contributed by atoms with Crippen LogP contribution in [-0.4, -0.2) is 16.6 Å². The zero-order valence-electron chi connectivity index (χ0n) is 9.74. The van der Waals surface area contributed by atoms with Crippen LogP contribution in [0.1, 0.15) is 26.2 Å². The molecular weight excluding hydrogens is 238 g/mol. The van der Waals surface area contributed by atoms with E-state index in [0.29, 0.717) is 29.5 Å². The number of carboxylic acid groups (broad SMARTS) is 1. The van der Waals surface area contributed by atoms with Gasteiger partial charge in [0.25, 0.3) is 0 Å². The molecule has 0 heterocycles. The van der Waals surface area contributed by atoms with E-state index in [4.69, 9.17) is 11.6 Å². The maximum Gasteiger partial charge on any atom is 0.329 e. The van der Waals surface area contributed by atoms with E-state index in [2.05, 4.69) is 12.2 Å². The topological polar surface area (TPSA) is 49.3 Å². The summed E-state index contributed by atoms with van der Waals surface area (Å²) < 4.78 is 0. The predicted octanol–water partition coefficient (Wildman–Crippen LogP) is 3.40. The highest BCUT2D eigenvalue weighted by Crippen LogP contribution is 2.38. The molecule has 1 aromatic carbocycles. The third-order valence-electron chi connectivity index (χ3n) is 3.42. The van der Waals surface area contributed by atoms with E-state index in [-0.39, 0.29) is 0 Å². The second kappa shape index (κ2) is 4.57. The summed E-state index contributed by atoms with van der Waals surface area (Å²) in [6.07, 6.45) is 2.23. The summed E-state index contributed by atoms with van der Waals surface area (Å²) in [6, 6.07) is 7.26. The summed E-state index contributed by atoms with van der Waals surface area (Å²) in [5.41, 5.74) is -0.157. The molecule has 4 heteroatoms. The van der Waals surface area contributed by atoms with E-state index in [1.54, 1.807) is 6.07 Å². The number of hydrogen-bond acceptors (Lipinski definition) is 2. The number of halogens is 1. The fourth-order valence-corrected chi connectivity index (χ4v) is 2.66. The number of benzene rings is 1. The fourth-order valence-electron chi connectivity index (χ4n) is 2.47. The van der Waals surface area contributed by atoms with Crippen molar-refractivity contribution in [3.63, 3.8) is 0 Å². The van der Waals surface area contributed by atoms with Gasteiger partial charge < -0.3 is 10.4 Å². The van der Waals surface area contributed by atoms with Crippen LogP contribution >= 0.6 is 11.6 Å². The molecular formula is C13H16ClNO2. The molecule has 2 N–H and O–H groups in total. The second-order valence-corrected chi connectivity index (χ2v) is 5.25. The summed E-state index contributed by atoms with van der Waals surface area (Å²) in [5, 5.41) is 13.1. The van der Waals surface area contributed by atoms with Crippen LogP contribution in [0.15, 0.2) is 24.3 Å². The summed E-state index contributed by atoms with van der Waals surface area (Å²) in [4.78, 5) is 11.5. The van der Waals surface area contributed by atoms with Crippen LogP contribution in [0.25, 0.3) is 0 Å². The van der Waals surface area contributed by atoms with E-state index >= 15 is 0 Å². The van der Waals surface area contributed by atoms with Crippen LogP contribution < -0.4 is 5.32 Å². The Morgan fingerprint density at radius 3 is 2.76 bits per heavy atom. The number of nitrogens with one attached hydrogen (secondary N) is 1. The van der Waals surface area contributed by atoms with Gasteiger partial charge in [0.05, 0.1) is 10.7 Å². The number of carboxylic acids is 1. The van der Waals surface area contributed by atoms with E-state index < -0.39 is 11.5 Å². The Bertz CT molecular complexity index is 435. The summed E-state index contributed by atoms with van der Waals surface area (Å²) in [5.74, 6) is -0.358. The lowest BCUT2D eigenvalue weighted by molar-refractivity contribution is -0.142. The molecule has 1 aliphatic rings. The van der Waals surface area contributed by atoms with E-state index in [9.17, 15) is 9.90 Å². The number of anilines is 1. The first-order valence-electron chi connectivity index (χ1n) is 5.80. The third-order valence-corrected chi connectivity index (χ3v) is 3.75. The van der Waals surface area contributed by atoms with Gasteiger partial charge in [-0.3, -0.25) is 0 Å². The smallest absolute Gasteiger partial charge is 0.329 e. The number of carbonyl (C=O) groups is 1. The van der Waals surface area contributed by atoms with Gasteiger partial charge in [0.2, 0.25) is 0 Å². The maximum absolute atomic E-state index is 11.5. The van der Waals surface area contributed by atoms with Crippen molar-refractivity contribution in [3.8, 4) is 0 Å². The fraction of sp³-hybridized carbons (Fsp3) is 0.462. The minimum atomic E-state index is -0.857. The highest BCUT2D eigenvalue weighted by molar-refractivity contribution is 6.33. The number of aliphatic carboxylic acids is 1. The molecule has 3 nitrogen and oxygen atoms in total. The molecule has 1 saturated carbocycles. The first-order valence-corrected chi connectivity index (χ1v) is 6.17. The molecule has 0 saturated heterocycles. The van der Waals surface area contributed by atoms with Gasteiger partial charge >= 0.3 is 5.97 Å². The Labute approximate surface area is 106 Å². The molecule has 1 aliphatic carbocycles. The van der Waals surface area contributed by atoms with E-state index in [0.717, 1.165) is 6.42 Å². The molecule has 1 aromatic rings.